The Morgan fingerprint density at radius 3 is 2.46 bits per heavy atom. The van der Waals surface area contributed by atoms with Crippen molar-refractivity contribution in [2.75, 3.05) is 39.8 Å². The Bertz CT molecular complexity index is 608. The highest BCUT2D eigenvalue weighted by molar-refractivity contribution is 5.90. The van der Waals surface area contributed by atoms with Gasteiger partial charge < -0.3 is 14.5 Å². The van der Waals surface area contributed by atoms with Crippen LogP contribution in [-0.2, 0) is 9.53 Å². The molecule has 0 saturated carbocycles. The van der Waals surface area contributed by atoms with E-state index in [0.717, 1.165) is 44.5 Å². The Hall–Kier alpha value is -1.88. The summed E-state index contributed by atoms with van der Waals surface area (Å²) in [6, 6.07) is 7.30. The van der Waals surface area contributed by atoms with Crippen LogP contribution in [0.5, 0.6) is 0 Å². The average Bonchev–Trinajstić information content (AvgIpc) is 2.70. The smallest absolute Gasteiger partial charge is 0.337 e. The first kappa shape index (κ1) is 18.9. The van der Waals surface area contributed by atoms with Gasteiger partial charge in [-0.3, -0.25) is 4.79 Å². The predicted molar refractivity (Wildman–Crippen MR) is 101 cm³/mol. The summed E-state index contributed by atoms with van der Waals surface area (Å²) in [7, 11) is 1.38. The zero-order valence-corrected chi connectivity index (χ0v) is 15.8. The number of rotatable bonds is 6. The summed E-state index contributed by atoms with van der Waals surface area (Å²) >= 11 is 0. The van der Waals surface area contributed by atoms with E-state index < -0.39 is 0 Å². The monoisotopic (exact) mass is 358 g/mol. The molecule has 2 saturated heterocycles. The van der Waals surface area contributed by atoms with Crippen LogP contribution in [-0.4, -0.2) is 61.5 Å². The van der Waals surface area contributed by atoms with Crippen LogP contribution in [0.4, 0.5) is 0 Å². The van der Waals surface area contributed by atoms with Crippen molar-refractivity contribution in [3.8, 4) is 0 Å². The molecule has 2 aliphatic rings. The highest BCUT2D eigenvalue weighted by Gasteiger charge is 2.29. The number of esters is 1. The molecule has 0 spiro atoms. The number of hydrogen-bond donors (Lipinski definition) is 0. The van der Waals surface area contributed by atoms with Gasteiger partial charge in [-0.15, -0.1) is 0 Å². The lowest BCUT2D eigenvalue weighted by Crippen LogP contribution is -2.42. The molecule has 142 valence electrons. The van der Waals surface area contributed by atoms with Gasteiger partial charge in [0.15, 0.2) is 0 Å². The predicted octanol–water partition coefficient (Wildman–Crippen LogP) is 3.06. The minimum Gasteiger partial charge on any atom is -0.465 e. The summed E-state index contributed by atoms with van der Waals surface area (Å²) in [6.45, 7) is 5.25. The van der Waals surface area contributed by atoms with E-state index in [1.807, 2.05) is 17.0 Å². The van der Waals surface area contributed by atoms with Crippen molar-refractivity contribution in [3.63, 3.8) is 0 Å². The van der Waals surface area contributed by atoms with Gasteiger partial charge in [0, 0.05) is 13.1 Å². The van der Waals surface area contributed by atoms with Crippen molar-refractivity contribution in [1.82, 2.24) is 9.80 Å². The van der Waals surface area contributed by atoms with Crippen LogP contribution < -0.4 is 0 Å². The number of benzene rings is 1. The molecule has 3 rings (SSSR count). The minimum atomic E-state index is -0.342. The molecule has 5 nitrogen and oxygen atoms in total. The van der Waals surface area contributed by atoms with E-state index in [0.29, 0.717) is 5.56 Å². The Balaban J connectivity index is 1.54. The van der Waals surface area contributed by atoms with Crippen LogP contribution in [0.1, 0.15) is 60.4 Å². The first-order valence-corrected chi connectivity index (χ1v) is 9.88. The molecule has 0 aliphatic carbocycles. The SMILES string of the molecule is COC(=O)c1ccc(C2CCCN(CCCN3CCCCC3)C2=O)cc1. The maximum absolute atomic E-state index is 12.9. The summed E-state index contributed by atoms with van der Waals surface area (Å²) < 4.78 is 4.74. The highest BCUT2D eigenvalue weighted by Crippen LogP contribution is 2.28. The zero-order chi connectivity index (χ0) is 18.4. The molecular formula is C21H30N2O3. The largest absolute Gasteiger partial charge is 0.465 e. The molecule has 1 unspecified atom stereocenters. The molecular weight excluding hydrogens is 328 g/mol. The summed E-state index contributed by atoms with van der Waals surface area (Å²) in [6.07, 6.45) is 6.97. The summed E-state index contributed by atoms with van der Waals surface area (Å²) in [5, 5.41) is 0. The number of carbonyl (C=O) groups excluding carboxylic acids is 2. The quantitative estimate of drug-likeness (QED) is 0.734. The number of piperidine rings is 2. The molecule has 1 aromatic rings. The van der Waals surface area contributed by atoms with Crippen molar-refractivity contribution in [3.05, 3.63) is 35.4 Å². The van der Waals surface area contributed by atoms with Crippen LogP contribution in [0.15, 0.2) is 24.3 Å². The first-order chi connectivity index (χ1) is 12.7. The highest BCUT2D eigenvalue weighted by atomic mass is 16.5. The van der Waals surface area contributed by atoms with E-state index in [9.17, 15) is 9.59 Å². The molecule has 2 aliphatic heterocycles. The van der Waals surface area contributed by atoms with Crippen LogP contribution in [0.2, 0.25) is 0 Å². The van der Waals surface area contributed by atoms with Gasteiger partial charge in [0.05, 0.1) is 18.6 Å². The fraction of sp³-hybridized carbons (Fsp3) is 0.619. The molecule has 2 heterocycles. The summed E-state index contributed by atoms with van der Waals surface area (Å²) in [5.74, 6) is -0.183. The molecule has 0 aromatic heterocycles. The molecule has 0 radical (unpaired) electrons. The fourth-order valence-corrected chi connectivity index (χ4v) is 4.11. The van der Waals surface area contributed by atoms with Gasteiger partial charge in [-0.2, -0.15) is 0 Å². The Labute approximate surface area is 156 Å². The van der Waals surface area contributed by atoms with Crippen LogP contribution in [0.3, 0.4) is 0 Å². The van der Waals surface area contributed by atoms with Crippen molar-refractivity contribution in [1.29, 1.82) is 0 Å². The Morgan fingerprint density at radius 1 is 1.04 bits per heavy atom. The number of nitrogens with zero attached hydrogens (tertiary/aromatic N) is 2. The van der Waals surface area contributed by atoms with Crippen molar-refractivity contribution in [2.24, 2.45) is 0 Å². The minimum absolute atomic E-state index is 0.0783. The van der Waals surface area contributed by atoms with E-state index >= 15 is 0 Å². The molecule has 1 aromatic carbocycles. The lowest BCUT2D eigenvalue weighted by molar-refractivity contribution is -0.135. The zero-order valence-electron chi connectivity index (χ0n) is 15.8. The van der Waals surface area contributed by atoms with Crippen molar-refractivity contribution in [2.45, 2.75) is 44.4 Å². The third-order valence-corrected chi connectivity index (χ3v) is 5.62. The van der Waals surface area contributed by atoms with E-state index in [-0.39, 0.29) is 17.8 Å². The maximum atomic E-state index is 12.9. The Kier molecular flexibility index (Phi) is 6.67. The van der Waals surface area contributed by atoms with E-state index in [1.54, 1.807) is 12.1 Å². The summed E-state index contributed by atoms with van der Waals surface area (Å²) in [4.78, 5) is 29.0. The number of carbonyl (C=O) groups is 2. The molecule has 0 N–H and O–H groups in total. The first-order valence-electron chi connectivity index (χ1n) is 9.88. The molecule has 2 fully saturated rings. The van der Waals surface area contributed by atoms with Crippen LogP contribution in [0.25, 0.3) is 0 Å². The normalized spacial score (nSPS) is 21.7. The second-order valence-electron chi connectivity index (χ2n) is 7.39. The number of likely N-dealkylation sites (tertiary alicyclic amines) is 2. The van der Waals surface area contributed by atoms with Gasteiger partial charge in [-0.1, -0.05) is 18.6 Å². The van der Waals surface area contributed by atoms with Crippen molar-refractivity contribution >= 4 is 11.9 Å². The van der Waals surface area contributed by atoms with Crippen LogP contribution >= 0.6 is 0 Å². The number of hydrogen-bond acceptors (Lipinski definition) is 4. The fourth-order valence-electron chi connectivity index (χ4n) is 4.11. The number of ether oxygens (including phenoxy) is 1. The van der Waals surface area contributed by atoms with E-state index in [1.165, 1.54) is 39.5 Å². The van der Waals surface area contributed by atoms with Gasteiger partial charge in [-0.25, -0.2) is 4.79 Å². The number of methoxy groups -OCH3 is 1. The summed E-state index contributed by atoms with van der Waals surface area (Å²) in [5.41, 5.74) is 1.53. The van der Waals surface area contributed by atoms with Gasteiger partial charge >= 0.3 is 5.97 Å². The number of amides is 1. The second kappa shape index (κ2) is 9.17. The lowest BCUT2D eigenvalue weighted by Gasteiger charge is -2.33. The topological polar surface area (TPSA) is 49.9 Å². The van der Waals surface area contributed by atoms with E-state index in [4.69, 9.17) is 4.74 Å². The molecule has 0 bridgehead atoms. The lowest BCUT2D eigenvalue weighted by atomic mass is 9.89. The second-order valence-corrected chi connectivity index (χ2v) is 7.39. The van der Waals surface area contributed by atoms with Gasteiger partial charge in [-0.05, 0) is 69.4 Å². The molecule has 26 heavy (non-hydrogen) atoms. The third-order valence-electron chi connectivity index (χ3n) is 5.62. The maximum Gasteiger partial charge on any atom is 0.337 e. The van der Waals surface area contributed by atoms with Crippen molar-refractivity contribution < 1.29 is 14.3 Å². The standard InChI is InChI=1S/C21H30N2O3/c1-26-21(25)18-10-8-17(9-11-18)19-7-5-15-23(20(19)24)16-6-14-22-12-3-2-4-13-22/h8-11,19H,2-7,12-16H2,1H3. The van der Waals surface area contributed by atoms with Gasteiger partial charge in [0.25, 0.3) is 0 Å². The molecule has 5 heteroatoms. The van der Waals surface area contributed by atoms with E-state index in [2.05, 4.69) is 4.90 Å². The van der Waals surface area contributed by atoms with Gasteiger partial charge in [0.1, 0.15) is 0 Å². The van der Waals surface area contributed by atoms with Gasteiger partial charge in [0.2, 0.25) is 5.91 Å². The van der Waals surface area contributed by atoms with Crippen LogP contribution in [0, 0.1) is 0 Å². The molecule has 1 amide bonds. The third kappa shape index (κ3) is 4.64. The Morgan fingerprint density at radius 2 is 1.77 bits per heavy atom. The average molecular weight is 358 g/mol. The molecule has 1 atom stereocenters.